The first-order valence-corrected chi connectivity index (χ1v) is 9.44. The number of nitrogens with one attached hydrogen (secondary N) is 2. The summed E-state index contributed by atoms with van der Waals surface area (Å²) in [6.45, 7) is 0.428. The number of rotatable bonds is 6. The molecule has 1 aromatic carbocycles. The van der Waals surface area contributed by atoms with Gasteiger partial charge in [0.05, 0.1) is 24.9 Å². The van der Waals surface area contributed by atoms with Crippen LogP contribution in [0.4, 0.5) is 5.82 Å². The monoisotopic (exact) mass is 402 g/mol. The molecular weight excluding hydrogens is 384 g/mol. The van der Waals surface area contributed by atoms with Gasteiger partial charge in [-0.2, -0.15) is 0 Å². The van der Waals surface area contributed by atoms with E-state index in [2.05, 4.69) is 30.2 Å². The van der Waals surface area contributed by atoms with E-state index < -0.39 is 5.92 Å². The van der Waals surface area contributed by atoms with Gasteiger partial charge in [-0.15, -0.1) is 0 Å². The molecule has 1 amide bonds. The fourth-order valence-corrected chi connectivity index (χ4v) is 3.64. The van der Waals surface area contributed by atoms with Gasteiger partial charge < -0.3 is 19.8 Å². The van der Waals surface area contributed by atoms with Crippen LogP contribution >= 0.6 is 0 Å². The zero-order chi connectivity index (χ0) is 20.5. The quantitative estimate of drug-likeness (QED) is 0.509. The summed E-state index contributed by atoms with van der Waals surface area (Å²) in [7, 11) is 1.57. The van der Waals surface area contributed by atoms with Crippen molar-refractivity contribution in [2.45, 2.75) is 12.3 Å². The van der Waals surface area contributed by atoms with Crippen molar-refractivity contribution in [2.24, 2.45) is 0 Å². The number of imidazole rings is 1. The van der Waals surface area contributed by atoms with Crippen molar-refractivity contribution in [2.75, 3.05) is 19.0 Å². The van der Waals surface area contributed by atoms with Crippen molar-refractivity contribution in [3.05, 3.63) is 66.3 Å². The lowest BCUT2D eigenvalue weighted by Crippen LogP contribution is -2.15. The van der Waals surface area contributed by atoms with Gasteiger partial charge in [0.1, 0.15) is 23.9 Å². The van der Waals surface area contributed by atoms with Crippen LogP contribution in [0.3, 0.4) is 0 Å². The zero-order valence-electron chi connectivity index (χ0n) is 16.1. The molecule has 0 saturated carbocycles. The second kappa shape index (κ2) is 7.43. The van der Waals surface area contributed by atoms with E-state index in [0.717, 1.165) is 16.8 Å². The van der Waals surface area contributed by atoms with Gasteiger partial charge in [0.25, 0.3) is 0 Å². The molecule has 0 saturated heterocycles. The first kappa shape index (κ1) is 18.0. The Kier molecular flexibility index (Phi) is 4.47. The van der Waals surface area contributed by atoms with Gasteiger partial charge in [-0.3, -0.25) is 4.79 Å². The summed E-state index contributed by atoms with van der Waals surface area (Å²) in [4.78, 5) is 33.0. The summed E-state index contributed by atoms with van der Waals surface area (Å²) in [6.07, 6.45) is 7.22. The van der Waals surface area contributed by atoms with E-state index in [1.165, 1.54) is 6.33 Å². The SMILES string of the molecule is COc1cc2c(C3C(=O)Nc4ncccc43)ncnc2cc1OCCc1ncc[nH]1. The van der Waals surface area contributed by atoms with E-state index in [1.54, 1.807) is 37.8 Å². The number of aromatic amines is 1. The highest BCUT2D eigenvalue weighted by Gasteiger charge is 2.35. The summed E-state index contributed by atoms with van der Waals surface area (Å²) in [5.74, 6) is 1.79. The number of pyridine rings is 1. The minimum absolute atomic E-state index is 0.165. The maximum absolute atomic E-state index is 12.7. The van der Waals surface area contributed by atoms with Crippen LogP contribution in [0.2, 0.25) is 0 Å². The van der Waals surface area contributed by atoms with Crippen LogP contribution in [0.15, 0.2) is 49.2 Å². The van der Waals surface area contributed by atoms with Crippen LogP contribution < -0.4 is 14.8 Å². The lowest BCUT2D eigenvalue weighted by molar-refractivity contribution is -0.116. The molecule has 1 aliphatic rings. The Morgan fingerprint density at radius 2 is 2.03 bits per heavy atom. The molecule has 4 aromatic rings. The number of anilines is 1. The van der Waals surface area contributed by atoms with Crippen LogP contribution in [0.1, 0.15) is 23.0 Å². The van der Waals surface area contributed by atoms with Gasteiger partial charge in [-0.05, 0) is 12.1 Å². The van der Waals surface area contributed by atoms with E-state index >= 15 is 0 Å². The number of carbonyl (C=O) groups is 1. The number of ether oxygens (including phenoxy) is 2. The van der Waals surface area contributed by atoms with Gasteiger partial charge in [0, 0.05) is 42.0 Å². The van der Waals surface area contributed by atoms with E-state index in [1.807, 2.05) is 12.1 Å². The molecule has 1 unspecified atom stereocenters. The highest BCUT2D eigenvalue weighted by atomic mass is 16.5. The van der Waals surface area contributed by atoms with Gasteiger partial charge in [0.15, 0.2) is 11.5 Å². The molecule has 0 aliphatic carbocycles. The number of benzene rings is 1. The Labute approximate surface area is 171 Å². The van der Waals surface area contributed by atoms with Crippen molar-refractivity contribution in [3.63, 3.8) is 0 Å². The van der Waals surface area contributed by atoms with Gasteiger partial charge >= 0.3 is 0 Å². The predicted octanol–water partition coefficient (Wildman–Crippen LogP) is 2.46. The summed E-state index contributed by atoms with van der Waals surface area (Å²) in [5, 5.41) is 3.54. The van der Waals surface area contributed by atoms with Gasteiger partial charge in [0.2, 0.25) is 5.91 Å². The van der Waals surface area contributed by atoms with Crippen molar-refractivity contribution >= 4 is 22.6 Å². The van der Waals surface area contributed by atoms with Crippen LogP contribution in [0, 0.1) is 0 Å². The molecule has 0 radical (unpaired) electrons. The van der Waals surface area contributed by atoms with Crippen LogP contribution in [0.5, 0.6) is 11.5 Å². The number of nitrogens with zero attached hydrogens (tertiary/aromatic N) is 4. The summed E-state index contributed by atoms with van der Waals surface area (Å²) >= 11 is 0. The lowest BCUT2D eigenvalue weighted by atomic mass is 9.95. The largest absolute Gasteiger partial charge is 0.493 e. The molecule has 1 aliphatic heterocycles. The number of fused-ring (bicyclic) bond motifs is 2. The molecule has 150 valence electrons. The molecule has 0 fully saturated rings. The molecule has 2 N–H and O–H groups in total. The molecule has 0 spiro atoms. The fraction of sp³-hybridized carbons (Fsp3) is 0.190. The molecular formula is C21H18N6O3. The number of methoxy groups -OCH3 is 1. The van der Waals surface area contributed by atoms with Crippen LogP contribution in [-0.2, 0) is 11.2 Å². The first-order valence-electron chi connectivity index (χ1n) is 9.44. The number of carbonyl (C=O) groups excluding carboxylic acids is 1. The van der Waals surface area contributed by atoms with Crippen LogP contribution in [0.25, 0.3) is 10.9 Å². The second-order valence-electron chi connectivity index (χ2n) is 6.78. The van der Waals surface area contributed by atoms with Gasteiger partial charge in [-0.25, -0.2) is 19.9 Å². The molecule has 0 bridgehead atoms. The fourth-order valence-electron chi connectivity index (χ4n) is 3.64. The molecule has 3 aromatic heterocycles. The van der Waals surface area contributed by atoms with E-state index in [0.29, 0.717) is 41.6 Å². The second-order valence-corrected chi connectivity index (χ2v) is 6.78. The standard InChI is InChI=1S/C21H18N6O3/c1-29-15-9-13-14(10-16(15)30-8-4-17-22-6-7-23-17)25-11-26-19(13)18-12-3-2-5-24-20(12)27-21(18)28/h2-3,5-7,9-11,18H,4,8H2,1H3,(H,22,23)(H,24,27,28). The predicted molar refractivity (Wildman–Crippen MR) is 109 cm³/mol. The van der Waals surface area contributed by atoms with Gasteiger partial charge in [-0.1, -0.05) is 6.07 Å². The third-order valence-corrected chi connectivity index (χ3v) is 5.03. The Morgan fingerprint density at radius 3 is 2.87 bits per heavy atom. The van der Waals surface area contributed by atoms with Crippen molar-refractivity contribution in [1.82, 2.24) is 24.9 Å². The van der Waals surface area contributed by atoms with E-state index in [4.69, 9.17) is 9.47 Å². The van der Waals surface area contributed by atoms with E-state index in [9.17, 15) is 4.79 Å². The molecule has 4 heterocycles. The number of hydrogen-bond donors (Lipinski definition) is 2. The third-order valence-electron chi connectivity index (χ3n) is 5.03. The molecule has 9 heteroatoms. The molecule has 1 atom stereocenters. The minimum Gasteiger partial charge on any atom is -0.493 e. The summed E-state index contributed by atoms with van der Waals surface area (Å²) in [6, 6.07) is 7.30. The normalized spacial score (nSPS) is 15.1. The molecule has 30 heavy (non-hydrogen) atoms. The number of amides is 1. The average Bonchev–Trinajstić information content (AvgIpc) is 3.39. The molecule has 9 nitrogen and oxygen atoms in total. The third kappa shape index (κ3) is 3.10. The maximum Gasteiger partial charge on any atom is 0.239 e. The maximum atomic E-state index is 12.7. The highest BCUT2D eigenvalue weighted by Crippen LogP contribution is 2.40. The minimum atomic E-state index is -0.561. The Morgan fingerprint density at radius 1 is 1.10 bits per heavy atom. The average molecular weight is 402 g/mol. The highest BCUT2D eigenvalue weighted by molar-refractivity contribution is 6.05. The topological polar surface area (TPSA) is 115 Å². The van der Waals surface area contributed by atoms with Crippen molar-refractivity contribution < 1.29 is 14.3 Å². The number of hydrogen-bond acceptors (Lipinski definition) is 7. The number of aromatic nitrogens is 5. The van der Waals surface area contributed by atoms with Crippen molar-refractivity contribution in [3.8, 4) is 11.5 Å². The Bertz CT molecular complexity index is 1220. The molecule has 5 rings (SSSR count). The van der Waals surface area contributed by atoms with E-state index in [-0.39, 0.29) is 5.91 Å². The van der Waals surface area contributed by atoms with Crippen LogP contribution in [-0.4, -0.2) is 44.5 Å². The smallest absolute Gasteiger partial charge is 0.239 e. The summed E-state index contributed by atoms with van der Waals surface area (Å²) < 4.78 is 11.5. The first-order chi connectivity index (χ1) is 14.7. The Hall–Kier alpha value is -4.01. The zero-order valence-corrected chi connectivity index (χ0v) is 16.1. The Balaban J connectivity index is 1.51. The summed E-state index contributed by atoms with van der Waals surface area (Å²) in [5.41, 5.74) is 2.06. The van der Waals surface area contributed by atoms with Crippen molar-refractivity contribution in [1.29, 1.82) is 0 Å². The lowest BCUT2D eigenvalue weighted by Gasteiger charge is -2.15. The number of H-pyrrole nitrogens is 1.